The van der Waals surface area contributed by atoms with E-state index < -0.39 is 48.2 Å². The first-order valence-corrected chi connectivity index (χ1v) is 24.1. The van der Waals surface area contributed by atoms with Crippen LogP contribution in [-0.4, -0.2) is 65.1 Å². The summed E-state index contributed by atoms with van der Waals surface area (Å²) in [6, 6.07) is 19.0. The number of ether oxygens (including phenoxy) is 1. The Labute approximate surface area is 359 Å². The van der Waals surface area contributed by atoms with Gasteiger partial charge < -0.3 is 4.74 Å². The second-order valence-electron chi connectivity index (χ2n) is 17.0. The number of pyridine rings is 1. The van der Waals surface area contributed by atoms with Crippen molar-refractivity contribution in [2.45, 2.75) is 86.8 Å². The fourth-order valence-electron chi connectivity index (χ4n) is 8.15. The first kappa shape index (κ1) is 44.1. The Balaban J connectivity index is 1.36. The van der Waals surface area contributed by atoms with Gasteiger partial charge in [-0.1, -0.05) is 62.7 Å². The van der Waals surface area contributed by atoms with Crippen molar-refractivity contribution >= 4 is 48.5 Å². The number of carbonyl (C=O) groups is 1. The van der Waals surface area contributed by atoms with Crippen molar-refractivity contribution in [2.75, 3.05) is 18.6 Å². The minimum atomic E-state index is -4.15. The fraction of sp³-hybridized carbons (Fsp3) is 0.378. The molecule has 0 saturated heterocycles. The molecule has 0 amide bonds. The lowest BCUT2D eigenvalue weighted by atomic mass is 9.78. The number of hydrogen-bond donors (Lipinski definition) is 0. The molecule has 1 aliphatic heterocycles. The van der Waals surface area contributed by atoms with Crippen molar-refractivity contribution in [2.24, 2.45) is 18.4 Å². The van der Waals surface area contributed by atoms with Crippen LogP contribution in [0.2, 0.25) is 0 Å². The minimum absolute atomic E-state index is 0.0233. The van der Waals surface area contributed by atoms with Crippen LogP contribution in [-0.2, 0) is 54.7 Å². The smallest absolute Gasteiger partial charge is 0.308 e. The number of carbonyl (C=O) groups excluding carboxylic acids is 1. The average molecular weight is 890 g/mol. The van der Waals surface area contributed by atoms with Crippen molar-refractivity contribution in [3.8, 4) is 11.4 Å². The van der Waals surface area contributed by atoms with E-state index in [4.69, 9.17) is 19.8 Å². The summed E-state index contributed by atoms with van der Waals surface area (Å²) in [4.78, 5) is 22.8. The van der Waals surface area contributed by atoms with E-state index in [0.717, 1.165) is 27.4 Å². The fourth-order valence-corrected chi connectivity index (χ4v) is 12.5. The number of nitrogens with zero attached hydrogens (tertiary/aromatic N) is 5. The van der Waals surface area contributed by atoms with Crippen molar-refractivity contribution in [1.82, 2.24) is 23.7 Å². The van der Waals surface area contributed by atoms with Crippen LogP contribution in [0.15, 0.2) is 93.7 Å². The van der Waals surface area contributed by atoms with Gasteiger partial charge in [0.2, 0.25) is 0 Å². The zero-order valence-corrected chi connectivity index (χ0v) is 37.6. The standard InChI is InChI=1S/C45H49F2N5O6S3/c1-28-12-15-32(16-13-28)61(56,57)52-22-18-33-34-19-23-60(54,55)27-44(3,4)20-9-21-45(5,39-11-8-10-30(48-39)24-29(2)42(53)58-7)43-49-41(51(6)50-43)35-25-31(14-17-36(35)46)59-40(34)37(47)26-38(33)52/h8,10-18,22,25-26,29H,9,19-21,23-24,27H2,1-7H3/t29-,45?/m0/s1. The third kappa shape index (κ3) is 9.03. The Morgan fingerprint density at radius 3 is 2.44 bits per heavy atom. The Hall–Kier alpha value is -4.93. The van der Waals surface area contributed by atoms with E-state index in [1.165, 1.54) is 42.3 Å². The van der Waals surface area contributed by atoms with Crippen LogP contribution in [0.5, 0.6) is 0 Å². The van der Waals surface area contributed by atoms with Crippen LogP contribution in [0.3, 0.4) is 0 Å². The van der Waals surface area contributed by atoms with Crippen molar-refractivity contribution in [3.05, 3.63) is 119 Å². The monoisotopic (exact) mass is 889 g/mol. The van der Waals surface area contributed by atoms with Crippen LogP contribution in [0.25, 0.3) is 22.3 Å². The van der Waals surface area contributed by atoms with Gasteiger partial charge in [0.25, 0.3) is 10.0 Å². The number of aryl methyl sites for hydroxylation is 3. The quantitative estimate of drug-likeness (QED) is 0.149. The van der Waals surface area contributed by atoms with Gasteiger partial charge in [0, 0.05) is 41.7 Å². The number of aromatic nitrogens is 5. The Bertz CT molecular complexity index is 2880. The van der Waals surface area contributed by atoms with E-state index in [-0.39, 0.29) is 50.6 Å². The molecule has 7 rings (SSSR count). The van der Waals surface area contributed by atoms with Gasteiger partial charge in [-0.25, -0.2) is 39.3 Å². The number of esters is 1. The molecule has 0 spiro atoms. The van der Waals surface area contributed by atoms with E-state index in [0.29, 0.717) is 58.7 Å². The van der Waals surface area contributed by atoms with Gasteiger partial charge in [-0.15, -0.1) is 0 Å². The lowest BCUT2D eigenvalue weighted by Gasteiger charge is -2.30. The second kappa shape index (κ2) is 16.7. The first-order chi connectivity index (χ1) is 28.7. The maximum Gasteiger partial charge on any atom is 0.308 e. The first-order valence-electron chi connectivity index (χ1n) is 20.0. The van der Waals surface area contributed by atoms with E-state index in [9.17, 15) is 21.6 Å². The van der Waals surface area contributed by atoms with Crippen molar-refractivity contribution in [1.29, 1.82) is 0 Å². The molecule has 4 heterocycles. The number of benzene rings is 3. The maximum atomic E-state index is 16.6. The van der Waals surface area contributed by atoms with Gasteiger partial charge in [-0.2, -0.15) is 5.10 Å². The molecule has 0 N–H and O–H groups in total. The highest BCUT2D eigenvalue weighted by atomic mass is 32.2. The Kier molecular flexibility index (Phi) is 12.1. The molecule has 1 aliphatic rings. The molecule has 0 radical (unpaired) electrons. The normalized spacial score (nSPS) is 18.8. The number of methoxy groups -OCH3 is 1. The molecule has 322 valence electrons. The van der Waals surface area contributed by atoms with Crippen LogP contribution in [0.4, 0.5) is 8.78 Å². The Morgan fingerprint density at radius 2 is 1.72 bits per heavy atom. The topological polar surface area (TPSA) is 143 Å². The summed E-state index contributed by atoms with van der Waals surface area (Å²) >= 11 is 0.997. The summed E-state index contributed by atoms with van der Waals surface area (Å²) in [5, 5.41) is 5.22. The number of rotatable bonds is 6. The van der Waals surface area contributed by atoms with Crippen LogP contribution in [0, 0.1) is 29.9 Å². The van der Waals surface area contributed by atoms with Crippen LogP contribution in [0.1, 0.15) is 75.3 Å². The average Bonchev–Trinajstić information content (AvgIpc) is 3.81. The predicted molar refractivity (Wildman–Crippen MR) is 232 cm³/mol. The van der Waals surface area contributed by atoms with Crippen molar-refractivity contribution < 1.29 is 35.1 Å². The number of fused-ring (bicyclic) bond motifs is 8. The van der Waals surface area contributed by atoms with Gasteiger partial charge in [-0.05, 0) is 92.6 Å². The lowest BCUT2D eigenvalue weighted by molar-refractivity contribution is -0.144. The molecule has 16 heteroatoms. The third-order valence-corrected chi connectivity index (χ3v) is 16.4. The molecular formula is C45H49F2N5O6S3. The van der Waals surface area contributed by atoms with Gasteiger partial charge in [-0.3, -0.25) is 9.78 Å². The molecular weight excluding hydrogens is 841 g/mol. The molecule has 4 bridgehead atoms. The molecule has 11 nitrogen and oxygen atoms in total. The summed E-state index contributed by atoms with van der Waals surface area (Å²) in [7, 11) is -4.88. The SMILES string of the molecule is COC(=O)[C@@H](C)Cc1cccc(C2(C)CCCC(C)(C)CS(=O)(=O)CCc3c(c(F)cc4c3ccn4S(=O)(=O)c3ccc(C)cc3)Sc3ccc(F)c(c3)-c3nc2nn3C)n1. The summed E-state index contributed by atoms with van der Waals surface area (Å²) in [6.45, 7) is 9.38. The highest BCUT2D eigenvalue weighted by molar-refractivity contribution is 7.99. The van der Waals surface area contributed by atoms with Crippen molar-refractivity contribution in [3.63, 3.8) is 0 Å². The summed E-state index contributed by atoms with van der Waals surface area (Å²) in [5.74, 6) is -1.97. The molecule has 0 saturated carbocycles. The second-order valence-corrected chi connectivity index (χ2v) is 22.1. The summed E-state index contributed by atoms with van der Waals surface area (Å²) < 4.78 is 95.8. The lowest BCUT2D eigenvalue weighted by Crippen LogP contribution is -2.30. The molecule has 61 heavy (non-hydrogen) atoms. The number of halogens is 2. The molecule has 1 unspecified atom stereocenters. The molecule has 6 aromatic rings. The number of sulfone groups is 1. The van der Waals surface area contributed by atoms with Gasteiger partial charge in [0.1, 0.15) is 11.6 Å². The molecule has 3 aromatic heterocycles. The van der Waals surface area contributed by atoms with E-state index in [1.807, 2.05) is 45.9 Å². The van der Waals surface area contributed by atoms with Gasteiger partial charge in [0.05, 0.1) is 56.5 Å². The highest BCUT2D eigenvalue weighted by Crippen LogP contribution is 2.42. The molecule has 0 aliphatic carbocycles. The van der Waals surface area contributed by atoms with Gasteiger partial charge in [0.15, 0.2) is 21.5 Å². The number of hydrogen-bond acceptors (Lipinski definition) is 10. The van der Waals surface area contributed by atoms with E-state index in [1.54, 1.807) is 38.2 Å². The zero-order valence-electron chi connectivity index (χ0n) is 35.2. The highest BCUT2D eigenvalue weighted by Gasteiger charge is 2.37. The Morgan fingerprint density at radius 1 is 0.984 bits per heavy atom. The molecule has 3 aromatic carbocycles. The van der Waals surface area contributed by atoms with Crippen LogP contribution >= 0.6 is 11.8 Å². The molecule has 2 atom stereocenters. The maximum absolute atomic E-state index is 16.6. The van der Waals surface area contributed by atoms with Crippen LogP contribution < -0.4 is 0 Å². The predicted octanol–water partition coefficient (Wildman–Crippen LogP) is 8.63. The van der Waals surface area contributed by atoms with E-state index in [2.05, 4.69) is 0 Å². The molecule has 0 fully saturated rings. The zero-order chi connectivity index (χ0) is 44.1. The van der Waals surface area contributed by atoms with Gasteiger partial charge >= 0.3 is 5.97 Å². The third-order valence-electron chi connectivity index (χ3n) is 11.5. The summed E-state index contributed by atoms with van der Waals surface area (Å²) in [6.07, 6.45) is 3.12. The minimum Gasteiger partial charge on any atom is -0.469 e. The summed E-state index contributed by atoms with van der Waals surface area (Å²) in [5.41, 5.74) is 1.11. The van der Waals surface area contributed by atoms with E-state index >= 15 is 8.78 Å². The largest absolute Gasteiger partial charge is 0.469 e.